The lowest BCUT2D eigenvalue weighted by Crippen LogP contribution is -2.00. The third-order valence-corrected chi connectivity index (χ3v) is 10.9. The third kappa shape index (κ3) is 6.39. The maximum Gasteiger partial charge on any atom is 0.180 e. The van der Waals surface area contributed by atoms with Gasteiger partial charge >= 0.3 is 0 Å². The van der Waals surface area contributed by atoms with Crippen LogP contribution in [0.3, 0.4) is 0 Å². The monoisotopic (exact) mass is 755 g/mol. The zero-order chi connectivity index (χ0) is 39.1. The van der Waals surface area contributed by atoms with E-state index >= 15 is 0 Å². The summed E-state index contributed by atoms with van der Waals surface area (Å²) >= 11 is 0. The highest BCUT2D eigenvalue weighted by atomic mass is 16.3. The fourth-order valence-electron chi connectivity index (χ4n) is 7.87. The molecule has 0 bridgehead atoms. The number of nitrogens with zero attached hydrogens (tertiary/aromatic N) is 5. The minimum absolute atomic E-state index is 0.620. The molecule has 8 aromatic carbocycles. The predicted octanol–water partition coefficient (Wildman–Crippen LogP) is 13.4. The maximum atomic E-state index is 6.45. The van der Waals surface area contributed by atoms with Gasteiger partial charge in [-0.25, -0.2) is 24.9 Å². The molecule has 0 aliphatic carbocycles. The number of aromatic nitrogens is 5. The van der Waals surface area contributed by atoms with E-state index in [4.69, 9.17) is 24.4 Å². The highest BCUT2D eigenvalue weighted by Gasteiger charge is 2.18. The summed E-state index contributed by atoms with van der Waals surface area (Å²) in [5.41, 5.74) is 13.5. The molecule has 0 fully saturated rings. The van der Waals surface area contributed by atoms with Crippen molar-refractivity contribution >= 4 is 32.8 Å². The molecule has 59 heavy (non-hydrogen) atoms. The van der Waals surface area contributed by atoms with E-state index in [0.717, 1.165) is 83.0 Å². The van der Waals surface area contributed by atoms with Gasteiger partial charge in [0.05, 0.1) is 5.39 Å². The van der Waals surface area contributed by atoms with Gasteiger partial charge in [-0.15, -0.1) is 0 Å². The Labute approximate surface area is 340 Å². The van der Waals surface area contributed by atoms with E-state index in [2.05, 4.69) is 145 Å². The summed E-state index contributed by atoms with van der Waals surface area (Å²) in [6.45, 7) is 0. The largest absolute Gasteiger partial charge is 0.452 e. The number of hydrogen-bond acceptors (Lipinski definition) is 6. The Bertz CT molecular complexity index is 3310. The van der Waals surface area contributed by atoms with Gasteiger partial charge in [-0.05, 0) is 62.4 Å². The van der Waals surface area contributed by atoms with Crippen molar-refractivity contribution in [3.05, 3.63) is 200 Å². The molecule has 11 aromatic rings. The van der Waals surface area contributed by atoms with E-state index in [1.165, 1.54) is 5.56 Å². The van der Waals surface area contributed by atoms with E-state index in [1.54, 1.807) is 6.33 Å². The molecule has 0 radical (unpaired) electrons. The van der Waals surface area contributed by atoms with Crippen LogP contribution < -0.4 is 0 Å². The topological polar surface area (TPSA) is 77.6 Å². The number of furan rings is 1. The normalized spacial score (nSPS) is 11.4. The van der Waals surface area contributed by atoms with E-state index in [-0.39, 0.29) is 0 Å². The molecule has 0 spiro atoms. The number of rotatable bonds is 7. The molecule has 0 aliphatic rings. The van der Waals surface area contributed by atoms with Crippen LogP contribution >= 0.6 is 0 Å². The van der Waals surface area contributed by atoms with Crippen molar-refractivity contribution in [2.75, 3.05) is 0 Å². The molecule has 0 aliphatic heterocycles. The Morgan fingerprint density at radius 3 is 1.44 bits per heavy atom. The summed E-state index contributed by atoms with van der Waals surface area (Å²) < 4.78 is 6.45. The van der Waals surface area contributed by atoms with Crippen molar-refractivity contribution in [3.8, 4) is 78.8 Å². The fraction of sp³-hybridized carbons (Fsp3) is 0. The quantitative estimate of drug-likeness (QED) is 0.161. The fourth-order valence-corrected chi connectivity index (χ4v) is 7.87. The molecule has 0 atom stereocenters. The van der Waals surface area contributed by atoms with Gasteiger partial charge < -0.3 is 4.42 Å². The first kappa shape index (κ1) is 34.2. The average Bonchev–Trinajstić information content (AvgIpc) is 3.72. The van der Waals surface area contributed by atoms with Crippen molar-refractivity contribution in [1.29, 1.82) is 0 Å². The van der Waals surface area contributed by atoms with Crippen LogP contribution in [-0.2, 0) is 0 Å². The summed E-state index contributed by atoms with van der Waals surface area (Å²) in [5.74, 6) is 1.88. The van der Waals surface area contributed by atoms with Crippen LogP contribution in [0.4, 0.5) is 0 Å². The maximum absolute atomic E-state index is 6.45. The van der Waals surface area contributed by atoms with Gasteiger partial charge in [-0.3, -0.25) is 0 Å². The smallest absolute Gasteiger partial charge is 0.180 e. The van der Waals surface area contributed by atoms with Crippen LogP contribution in [0.15, 0.2) is 205 Å². The van der Waals surface area contributed by atoms with Crippen LogP contribution in [0.5, 0.6) is 0 Å². The Balaban J connectivity index is 0.914. The second-order valence-corrected chi connectivity index (χ2v) is 14.5. The molecule has 0 N–H and O–H groups in total. The molecule has 0 amide bonds. The van der Waals surface area contributed by atoms with E-state index in [9.17, 15) is 0 Å². The molecule has 3 aromatic heterocycles. The molecule has 0 saturated carbocycles. The first-order chi connectivity index (χ1) is 29.2. The van der Waals surface area contributed by atoms with Crippen LogP contribution in [0.1, 0.15) is 0 Å². The van der Waals surface area contributed by atoms with E-state index in [1.807, 2.05) is 54.6 Å². The standard InChI is InChI=1S/C53H33N5O/c1-3-11-34(12-4-1)35-21-25-39(26-22-35)52-56-51(38-14-5-2-6-15-38)57-53(58-52)40-27-23-36(24-28-40)41-16-9-17-42(31-41)43-18-10-19-44(32-43)48-50-49(55-33-54-48)47-45-20-8-7-13-37(45)29-30-46(47)59-50/h1-33H. The molecule has 6 nitrogen and oxygen atoms in total. The molecular formula is C53H33N5O. The van der Waals surface area contributed by atoms with Gasteiger partial charge in [0.2, 0.25) is 0 Å². The lowest BCUT2D eigenvalue weighted by molar-refractivity contribution is 0.667. The van der Waals surface area contributed by atoms with Gasteiger partial charge in [0.15, 0.2) is 23.1 Å². The van der Waals surface area contributed by atoms with Gasteiger partial charge in [-0.2, -0.15) is 0 Å². The summed E-state index contributed by atoms with van der Waals surface area (Å²) in [4.78, 5) is 24.3. The molecule has 11 rings (SSSR count). The van der Waals surface area contributed by atoms with Crippen molar-refractivity contribution in [2.45, 2.75) is 0 Å². The number of benzene rings is 8. The number of fused-ring (bicyclic) bond motifs is 5. The second-order valence-electron chi connectivity index (χ2n) is 14.5. The van der Waals surface area contributed by atoms with Crippen molar-refractivity contribution in [3.63, 3.8) is 0 Å². The van der Waals surface area contributed by atoms with Crippen LogP contribution in [-0.4, -0.2) is 24.9 Å². The first-order valence-electron chi connectivity index (χ1n) is 19.6. The summed E-state index contributed by atoms with van der Waals surface area (Å²) in [5, 5.41) is 3.28. The molecule has 0 saturated heterocycles. The zero-order valence-corrected chi connectivity index (χ0v) is 31.7. The van der Waals surface area contributed by atoms with Crippen molar-refractivity contribution < 1.29 is 4.42 Å². The predicted molar refractivity (Wildman–Crippen MR) is 238 cm³/mol. The van der Waals surface area contributed by atoms with Crippen molar-refractivity contribution in [2.24, 2.45) is 0 Å². The van der Waals surface area contributed by atoms with Gasteiger partial charge in [0.1, 0.15) is 23.1 Å². The average molecular weight is 756 g/mol. The van der Waals surface area contributed by atoms with E-state index < -0.39 is 0 Å². The number of hydrogen-bond donors (Lipinski definition) is 0. The third-order valence-electron chi connectivity index (χ3n) is 10.9. The Kier molecular flexibility index (Phi) is 8.37. The lowest BCUT2D eigenvalue weighted by Gasteiger charge is -2.10. The first-order valence-corrected chi connectivity index (χ1v) is 19.6. The second kappa shape index (κ2) is 14.4. The molecule has 6 heteroatoms. The zero-order valence-electron chi connectivity index (χ0n) is 31.7. The molecule has 0 unspecified atom stereocenters. The van der Waals surface area contributed by atoms with Crippen molar-refractivity contribution in [1.82, 2.24) is 24.9 Å². The molecular weight excluding hydrogens is 723 g/mol. The minimum atomic E-state index is 0.620. The van der Waals surface area contributed by atoms with Crippen LogP contribution in [0, 0.1) is 0 Å². The van der Waals surface area contributed by atoms with E-state index in [0.29, 0.717) is 23.1 Å². The Morgan fingerprint density at radius 2 is 0.797 bits per heavy atom. The molecule has 3 heterocycles. The summed E-state index contributed by atoms with van der Waals surface area (Å²) in [7, 11) is 0. The summed E-state index contributed by atoms with van der Waals surface area (Å²) in [6.07, 6.45) is 1.63. The SMILES string of the molecule is c1ccc(-c2ccc(-c3nc(-c4ccccc4)nc(-c4ccc(-c5cccc(-c6cccc(-c7ncnc8c7oc7ccc9ccccc9c78)c6)c5)cc4)n3)cc2)cc1. The minimum Gasteiger partial charge on any atom is -0.452 e. The van der Waals surface area contributed by atoms with Gasteiger partial charge in [0, 0.05) is 22.3 Å². The lowest BCUT2D eigenvalue weighted by atomic mass is 9.96. The van der Waals surface area contributed by atoms with Crippen LogP contribution in [0.2, 0.25) is 0 Å². The van der Waals surface area contributed by atoms with Gasteiger partial charge in [0.25, 0.3) is 0 Å². The molecule has 276 valence electrons. The highest BCUT2D eigenvalue weighted by molar-refractivity contribution is 6.18. The van der Waals surface area contributed by atoms with Crippen LogP contribution in [0.25, 0.3) is 112 Å². The Hall–Kier alpha value is -8.09. The Morgan fingerprint density at radius 1 is 0.339 bits per heavy atom. The van der Waals surface area contributed by atoms with Gasteiger partial charge in [-0.1, -0.05) is 176 Å². The highest BCUT2D eigenvalue weighted by Crippen LogP contribution is 2.38. The summed E-state index contributed by atoms with van der Waals surface area (Å²) in [6, 6.07) is 66.8.